The summed E-state index contributed by atoms with van der Waals surface area (Å²) < 4.78 is 28.5. The van der Waals surface area contributed by atoms with Crippen molar-refractivity contribution in [2.24, 2.45) is 0 Å². The molecule has 15 heteroatoms. The first kappa shape index (κ1) is 30.0. The van der Waals surface area contributed by atoms with Crippen molar-refractivity contribution in [2.45, 2.75) is 68.3 Å². The highest BCUT2D eigenvalue weighted by Crippen LogP contribution is 2.38. The van der Waals surface area contributed by atoms with Crippen molar-refractivity contribution >= 4 is 11.0 Å². The lowest BCUT2D eigenvalue weighted by Gasteiger charge is -2.45. The Hall–Kier alpha value is -3.51. The molecule has 42 heavy (non-hydrogen) atoms. The van der Waals surface area contributed by atoms with E-state index in [4.69, 9.17) is 23.4 Å². The van der Waals surface area contributed by atoms with Gasteiger partial charge in [0.15, 0.2) is 18.2 Å². The van der Waals surface area contributed by atoms with Crippen molar-refractivity contribution < 1.29 is 69.3 Å². The zero-order valence-corrected chi connectivity index (χ0v) is 21.9. The van der Waals surface area contributed by atoms with E-state index in [0.717, 1.165) is 12.1 Å². The van der Waals surface area contributed by atoms with Crippen LogP contribution in [0.4, 0.5) is 0 Å². The van der Waals surface area contributed by atoms with Crippen LogP contribution in [-0.4, -0.2) is 114 Å². The zero-order chi connectivity index (χ0) is 30.5. The fraction of sp³-hybridized carbons (Fsp3) is 0.444. The Kier molecular flexibility index (Phi) is 8.30. The van der Waals surface area contributed by atoms with E-state index >= 15 is 0 Å². The van der Waals surface area contributed by atoms with Gasteiger partial charge in [-0.2, -0.15) is 0 Å². The molecule has 0 spiro atoms. The molecule has 10 atom stereocenters. The van der Waals surface area contributed by atoms with Crippen LogP contribution in [0.25, 0.3) is 22.3 Å². The van der Waals surface area contributed by atoms with E-state index in [0.29, 0.717) is 0 Å². The number of hydrogen-bond donors (Lipinski definition) is 9. The molecule has 15 nitrogen and oxygen atoms in total. The number of phenolic OH excluding ortho intramolecular Hbond substituents is 3. The van der Waals surface area contributed by atoms with Crippen LogP contribution in [0.5, 0.6) is 23.0 Å². The largest absolute Gasteiger partial charge is 0.508 e. The van der Waals surface area contributed by atoms with Crippen LogP contribution in [0.3, 0.4) is 0 Å². The lowest BCUT2D eigenvalue weighted by molar-refractivity contribution is -0.354. The van der Waals surface area contributed by atoms with Crippen LogP contribution in [0.15, 0.2) is 45.6 Å². The Balaban J connectivity index is 1.60. The highest BCUT2D eigenvalue weighted by molar-refractivity contribution is 5.88. The second-order valence-electron chi connectivity index (χ2n) is 10.1. The fourth-order valence-electron chi connectivity index (χ4n) is 4.87. The van der Waals surface area contributed by atoms with Gasteiger partial charge in [0.25, 0.3) is 0 Å². The first-order valence-corrected chi connectivity index (χ1v) is 12.9. The number of hydrogen-bond acceptors (Lipinski definition) is 15. The maximum atomic E-state index is 13.7. The van der Waals surface area contributed by atoms with Crippen LogP contribution in [0.2, 0.25) is 0 Å². The van der Waals surface area contributed by atoms with Gasteiger partial charge in [-0.15, -0.1) is 0 Å². The maximum Gasteiger partial charge on any atom is 0.239 e. The van der Waals surface area contributed by atoms with Crippen molar-refractivity contribution in [1.29, 1.82) is 0 Å². The summed E-state index contributed by atoms with van der Waals surface area (Å²) in [6.45, 7) is 0.593. The predicted molar refractivity (Wildman–Crippen MR) is 139 cm³/mol. The van der Waals surface area contributed by atoms with Crippen molar-refractivity contribution in [3.63, 3.8) is 0 Å². The van der Waals surface area contributed by atoms with Crippen LogP contribution in [-0.2, 0) is 14.2 Å². The first-order valence-electron chi connectivity index (χ1n) is 12.9. The Morgan fingerprint density at radius 2 is 1.50 bits per heavy atom. The molecule has 2 fully saturated rings. The van der Waals surface area contributed by atoms with Crippen molar-refractivity contribution in [3.05, 3.63) is 46.6 Å². The van der Waals surface area contributed by atoms with Gasteiger partial charge < -0.3 is 69.3 Å². The number of ether oxygens (including phenoxy) is 4. The van der Waals surface area contributed by atoms with Gasteiger partial charge in [-0.05, 0) is 31.2 Å². The Labute approximate surface area is 236 Å². The summed E-state index contributed by atoms with van der Waals surface area (Å²) in [6, 6.07) is 7.31. The van der Waals surface area contributed by atoms with Gasteiger partial charge in [0.1, 0.15) is 64.8 Å². The Bertz CT molecular complexity index is 1470. The Morgan fingerprint density at radius 1 is 0.810 bits per heavy atom. The standard InChI is InChI=1S/C27H30O15/c1-9-17(32)20(35)22(37)26(38-9)42-25-21(36)18(33)15(8-28)40-27(25)41-24-19(34)16-13(31)6-12(30)7-14(16)39-23(24)10-2-4-11(29)5-3-10/h2-7,9,15,17-18,20-22,25-33,35-37H,8H2,1H3/t9-,15+,17-,18-,20+,21-,22+,25+,26+,27-/m0/s1. The third kappa shape index (κ3) is 5.37. The van der Waals surface area contributed by atoms with Gasteiger partial charge in [0.2, 0.25) is 17.5 Å². The molecule has 3 aromatic rings. The molecule has 3 heterocycles. The molecule has 1 aromatic heterocycles. The smallest absolute Gasteiger partial charge is 0.239 e. The molecule has 2 aromatic carbocycles. The molecule has 9 N–H and O–H groups in total. The summed E-state index contributed by atoms with van der Waals surface area (Å²) in [4.78, 5) is 13.7. The minimum absolute atomic E-state index is 0.112. The fourth-order valence-corrected chi connectivity index (χ4v) is 4.87. The van der Waals surface area contributed by atoms with Crippen LogP contribution in [0.1, 0.15) is 6.92 Å². The molecule has 0 bridgehead atoms. The van der Waals surface area contributed by atoms with Gasteiger partial charge in [0.05, 0.1) is 12.7 Å². The van der Waals surface area contributed by atoms with Crippen LogP contribution in [0, 0.1) is 0 Å². The molecule has 0 aliphatic carbocycles. The van der Waals surface area contributed by atoms with Gasteiger partial charge in [0, 0.05) is 17.7 Å². The minimum atomic E-state index is -1.87. The second kappa shape index (κ2) is 11.6. The monoisotopic (exact) mass is 594 g/mol. The van der Waals surface area contributed by atoms with Crippen LogP contribution >= 0.6 is 0 Å². The minimum Gasteiger partial charge on any atom is -0.508 e. The van der Waals surface area contributed by atoms with E-state index < -0.39 is 96.1 Å². The van der Waals surface area contributed by atoms with E-state index in [1.54, 1.807) is 0 Å². The number of aromatic hydroxyl groups is 3. The average molecular weight is 595 g/mol. The predicted octanol–water partition coefficient (Wildman–Crippen LogP) is -1.39. The lowest BCUT2D eigenvalue weighted by Crippen LogP contribution is -2.64. The van der Waals surface area contributed by atoms with Crippen molar-refractivity contribution in [2.75, 3.05) is 6.61 Å². The normalized spacial score (nSPS) is 33.5. The molecule has 2 aliphatic rings. The lowest BCUT2D eigenvalue weighted by atomic mass is 9.97. The van der Waals surface area contributed by atoms with E-state index in [1.165, 1.54) is 31.2 Å². The highest BCUT2D eigenvalue weighted by Gasteiger charge is 2.51. The summed E-state index contributed by atoms with van der Waals surface area (Å²) >= 11 is 0. The molecule has 0 radical (unpaired) electrons. The maximum absolute atomic E-state index is 13.7. The molecule has 228 valence electrons. The summed E-state index contributed by atoms with van der Waals surface area (Å²) in [5.41, 5.74) is -0.995. The summed E-state index contributed by atoms with van der Waals surface area (Å²) in [7, 11) is 0. The summed E-state index contributed by atoms with van der Waals surface area (Å²) in [6.07, 6.45) is -16.3. The van der Waals surface area contributed by atoms with E-state index in [1.807, 2.05) is 0 Å². The second-order valence-corrected chi connectivity index (χ2v) is 10.1. The molecule has 5 rings (SSSR count). The first-order chi connectivity index (χ1) is 19.9. The third-order valence-electron chi connectivity index (χ3n) is 7.21. The average Bonchev–Trinajstić information content (AvgIpc) is 2.95. The molecule has 0 unspecified atom stereocenters. The van der Waals surface area contributed by atoms with E-state index in [2.05, 4.69) is 0 Å². The number of benzene rings is 2. The number of fused-ring (bicyclic) bond motifs is 1. The number of aliphatic hydroxyl groups excluding tert-OH is 6. The highest BCUT2D eigenvalue weighted by atomic mass is 16.8. The molecule has 2 aliphatic heterocycles. The Morgan fingerprint density at radius 3 is 2.17 bits per heavy atom. The number of aliphatic hydroxyl groups is 6. The quantitative estimate of drug-likeness (QED) is 0.159. The number of phenols is 3. The third-order valence-corrected chi connectivity index (χ3v) is 7.21. The molecule has 0 saturated carbocycles. The van der Waals surface area contributed by atoms with Crippen molar-refractivity contribution in [3.8, 4) is 34.3 Å². The number of rotatable bonds is 6. The SMILES string of the molecule is C[C@@H]1O[C@H](O[C@H]2[C@H](Oc3c(-c4ccc(O)cc4)oc4cc(O)cc(O)c4c3=O)O[C@H](CO)[C@H](O)[C@@H]2O)[C@H](O)[C@H](O)[C@H]1O. The zero-order valence-electron chi connectivity index (χ0n) is 21.9. The molecular weight excluding hydrogens is 564 g/mol. The van der Waals surface area contributed by atoms with Gasteiger partial charge in [-0.1, -0.05) is 0 Å². The van der Waals surface area contributed by atoms with E-state index in [9.17, 15) is 50.8 Å². The molecule has 2 saturated heterocycles. The van der Waals surface area contributed by atoms with Gasteiger partial charge in [-0.3, -0.25) is 4.79 Å². The van der Waals surface area contributed by atoms with Gasteiger partial charge >= 0.3 is 0 Å². The molecular formula is C27H30O15. The van der Waals surface area contributed by atoms with Crippen molar-refractivity contribution in [1.82, 2.24) is 0 Å². The van der Waals surface area contributed by atoms with E-state index in [-0.39, 0.29) is 22.7 Å². The summed E-state index contributed by atoms with van der Waals surface area (Å²) in [5, 5.41) is 91.6. The van der Waals surface area contributed by atoms with Gasteiger partial charge in [-0.25, -0.2) is 0 Å². The topological polar surface area (TPSA) is 249 Å². The summed E-state index contributed by atoms with van der Waals surface area (Å²) in [5.74, 6) is -2.03. The van der Waals surface area contributed by atoms with Crippen LogP contribution < -0.4 is 10.2 Å². The molecule has 0 amide bonds.